The molecule has 1 N–H and O–H groups in total. The van der Waals surface area contributed by atoms with Gasteiger partial charge >= 0.3 is 6.03 Å². The van der Waals surface area contributed by atoms with E-state index in [-0.39, 0.29) is 24.5 Å². The molecule has 158 valence electrons. The van der Waals surface area contributed by atoms with Crippen LogP contribution in [-0.2, 0) is 23.1 Å². The van der Waals surface area contributed by atoms with Gasteiger partial charge in [-0.25, -0.2) is 4.79 Å². The molecule has 0 radical (unpaired) electrons. The molecule has 1 aromatic carbocycles. The van der Waals surface area contributed by atoms with Crippen molar-refractivity contribution < 1.29 is 14.3 Å². The van der Waals surface area contributed by atoms with Crippen molar-refractivity contribution in [2.24, 2.45) is 7.05 Å². The van der Waals surface area contributed by atoms with Crippen LogP contribution < -0.4 is 5.32 Å². The Bertz CT molecular complexity index is 912. The molecule has 1 aliphatic rings. The molecule has 3 amide bonds. The average molecular weight is 409 g/mol. The van der Waals surface area contributed by atoms with Crippen LogP contribution in [0.2, 0.25) is 0 Å². The molecule has 1 fully saturated rings. The first-order valence-electron chi connectivity index (χ1n) is 9.96. The Hall–Kier alpha value is -3.31. The molecule has 30 heavy (non-hydrogen) atoms. The van der Waals surface area contributed by atoms with Crippen molar-refractivity contribution in [2.45, 2.75) is 25.4 Å². The van der Waals surface area contributed by atoms with Crippen molar-refractivity contribution in [3.8, 4) is 6.07 Å². The number of benzene rings is 1. The lowest BCUT2D eigenvalue weighted by Gasteiger charge is -2.28. The van der Waals surface area contributed by atoms with Crippen LogP contribution in [0.15, 0.2) is 42.6 Å². The largest absolute Gasteiger partial charge is 0.383 e. The number of carbonyl (C=O) groups excluding carboxylic acids is 2. The number of urea groups is 1. The molecule has 0 saturated heterocycles. The van der Waals surface area contributed by atoms with Crippen molar-refractivity contribution in [1.29, 1.82) is 5.26 Å². The summed E-state index contributed by atoms with van der Waals surface area (Å²) < 4.78 is 7.12. The van der Waals surface area contributed by atoms with E-state index in [1.165, 1.54) is 4.90 Å². The molecule has 0 spiro atoms. The van der Waals surface area contributed by atoms with E-state index in [4.69, 9.17) is 10.00 Å². The fourth-order valence-electron chi connectivity index (χ4n) is 3.18. The van der Waals surface area contributed by atoms with Crippen molar-refractivity contribution in [3.05, 3.63) is 53.9 Å². The molecule has 1 aromatic heterocycles. The summed E-state index contributed by atoms with van der Waals surface area (Å²) in [6.07, 6.45) is 3.94. The maximum Gasteiger partial charge on any atom is 0.322 e. The summed E-state index contributed by atoms with van der Waals surface area (Å²) in [5.74, 6) is -0.0789. The summed E-state index contributed by atoms with van der Waals surface area (Å²) in [6, 6.07) is 12.5. The number of nitriles is 1. The average Bonchev–Trinajstić information content (AvgIpc) is 3.51. The minimum Gasteiger partial charge on any atom is -0.383 e. The van der Waals surface area contributed by atoms with Crippen LogP contribution in [0.5, 0.6) is 0 Å². The van der Waals surface area contributed by atoms with Crippen molar-refractivity contribution in [3.63, 3.8) is 0 Å². The van der Waals surface area contributed by atoms with Gasteiger partial charge in [0.05, 0.1) is 24.8 Å². The van der Waals surface area contributed by atoms with E-state index >= 15 is 0 Å². The fourth-order valence-corrected chi connectivity index (χ4v) is 3.18. The topological polar surface area (TPSA) is 90.6 Å². The van der Waals surface area contributed by atoms with Crippen LogP contribution in [0.1, 0.15) is 24.1 Å². The summed E-state index contributed by atoms with van der Waals surface area (Å²) in [5, 5.41) is 11.7. The van der Waals surface area contributed by atoms with Crippen LogP contribution in [0.25, 0.3) is 0 Å². The highest BCUT2D eigenvalue weighted by molar-refractivity contribution is 5.92. The standard InChI is InChI=1S/C22H27N5O3/c1-25-11-3-4-20(25)15-27(19-9-10-19)21(28)16-26(12-13-30-2)22(29)24-18-7-5-17(14-23)6-8-18/h3-8,11,19H,9-10,12-13,15-16H2,1-2H3,(H,24,29). The number of hydrogen-bond acceptors (Lipinski definition) is 4. The zero-order valence-electron chi connectivity index (χ0n) is 17.4. The fraction of sp³-hybridized carbons (Fsp3) is 0.409. The molecule has 0 atom stereocenters. The highest BCUT2D eigenvalue weighted by Gasteiger charge is 2.34. The van der Waals surface area contributed by atoms with E-state index in [2.05, 4.69) is 5.32 Å². The van der Waals surface area contributed by atoms with Crippen molar-refractivity contribution >= 4 is 17.6 Å². The molecule has 1 aliphatic carbocycles. The number of ether oxygens (including phenoxy) is 1. The molecule has 0 aliphatic heterocycles. The molecule has 8 heteroatoms. The number of methoxy groups -OCH3 is 1. The third-order valence-corrected chi connectivity index (χ3v) is 5.14. The Kier molecular flexibility index (Phi) is 7.09. The SMILES string of the molecule is COCCN(CC(=O)N(Cc1cccn1C)C1CC1)C(=O)Nc1ccc(C#N)cc1. The Balaban J connectivity index is 1.67. The molecular weight excluding hydrogens is 382 g/mol. The molecule has 1 saturated carbocycles. The van der Waals surface area contributed by atoms with Gasteiger partial charge in [0.15, 0.2) is 0 Å². The number of rotatable bonds is 9. The van der Waals surface area contributed by atoms with E-state index in [0.717, 1.165) is 18.5 Å². The zero-order chi connectivity index (χ0) is 21.5. The number of hydrogen-bond donors (Lipinski definition) is 1. The number of nitrogens with one attached hydrogen (secondary N) is 1. The molecule has 8 nitrogen and oxygen atoms in total. The second-order valence-electron chi connectivity index (χ2n) is 7.40. The smallest absolute Gasteiger partial charge is 0.322 e. The zero-order valence-corrected chi connectivity index (χ0v) is 17.4. The summed E-state index contributed by atoms with van der Waals surface area (Å²) in [6.45, 7) is 1.14. The predicted molar refractivity (Wildman–Crippen MR) is 113 cm³/mol. The second-order valence-corrected chi connectivity index (χ2v) is 7.40. The maximum absolute atomic E-state index is 13.1. The summed E-state index contributed by atoms with van der Waals surface area (Å²) in [5.41, 5.74) is 2.14. The Morgan fingerprint density at radius 2 is 2.00 bits per heavy atom. The molecular formula is C22H27N5O3. The minimum absolute atomic E-state index is 0.0214. The van der Waals surface area contributed by atoms with E-state index in [1.54, 1.807) is 31.4 Å². The third kappa shape index (κ3) is 5.61. The monoisotopic (exact) mass is 409 g/mol. The maximum atomic E-state index is 13.1. The first kappa shape index (κ1) is 21.4. The molecule has 3 rings (SSSR count). The Morgan fingerprint density at radius 3 is 2.57 bits per heavy atom. The van der Waals surface area contributed by atoms with E-state index in [0.29, 0.717) is 30.9 Å². The lowest BCUT2D eigenvalue weighted by atomic mass is 10.2. The van der Waals surface area contributed by atoms with Gasteiger partial charge in [-0.2, -0.15) is 5.26 Å². The molecule has 0 bridgehead atoms. The summed E-state index contributed by atoms with van der Waals surface area (Å²) in [7, 11) is 3.52. The molecule has 2 aromatic rings. The Labute approximate surface area is 176 Å². The highest BCUT2D eigenvalue weighted by atomic mass is 16.5. The van der Waals surface area contributed by atoms with E-state index < -0.39 is 0 Å². The third-order valence-electron chi connectivity index (χ3n) is 5.14. The first-order chi connectivity index (χ1) is 14.5. The normalized spacial score (nSPS) is 12.8. The van der Waals surface area contributed by atoms with Gasteiger partial charge in [-0.1, -0.05) is 0 Å². The van der Waals surface area contributed by atoms with Crippen LogP contribution in [0.4, 0.5) is 10.5 Å². The van der Waals surface area contributed by atoms with Gasteiger partial charge in [-0.05, 0) is 49.2 Å². The highest BCUT2D eigenvalue weighted by Crippen LogP contribution is 2.28. The minimum atomic E-state index is -0.375. The van der Waals surface area contributed by atoms with Gasteiger partial charge < -0.3 is 24.4 Å². The van der Waals surface area contributed by atoms with Crippen LogP contribution >= 0.6 is 0 Å². The number of nitrogens with zero attached hydrogens (tertiary/aromatic N) is 4. The van der Waals surface area contributed by atoms with Gasteiger partial charge in [0.2, 0.25) is 5.91 Å². The van der Waals surface area contributed by atoms with Crippen LogP contribution in [-0.4, -0.2) is 59.2 Å². The van der Waals surface area contributed by atoms with Crippen molar-refractivity contribution in [1.82, 2.24) is 14.4 Å². The summed E-state index contributed by atoms with van der Waals surface area (Å²) in [4.78, 5) is 29.2. The number of aryl methyl sites for hydroxylation is 1. The number of anilines is 1. The molecule has 0 unspecified atom stereocenters. The number of amides is 3. The van der Waals surface area contributed by atoms with E-state index in [9.17, 15) is 9.59 Å². The lowest BCUT2D eigenvalue weighted by molar-refractivity contribution is -0.133. The van der Waals surface area contributed by atoms with Gasteiger partial charge in [0.1, 0.15) is 6.54 Å². The number of aromatic nitrogens is 1. The van der Waals surface area contributed by atoms with Crippen LogP contribution in [0.3, 0.4) is 0 Å². The number of carbonyl (C=O) groups is 2. The van der Waals surface area contributed by atoms with Gasteiger partial charge in [-0.3, -0.25) is 4.79 Å². The van der Waals surface area contributed by atoms with Gasteiger partial charge in [-0.15, -0.1) is 0 Å². The second kappa shape index (κ2) is 9.94. The quantitative estimate of drug-likeness (QED) is 0.689. The molecule has 1 heterocycles. The summed E-state index contributed by atoms with van der Waals surface area (Å²) >= 11 is 0. The predicted octanol–water partition coefficient (Wildman–Crippen LogP) is 2.57. The van der Waals surface area contributed by atoms with Crippen LogP contribution in [0, 0.1) is 11.3 Å². The van der Waals surface area contributed by atoms with Gasteiger partial charge in [0.25, 0.3) is 0 Å². The first-order valence-corrected chi connectivity index (χ1v) is 9.96. The van der Waals surface area contributed by atoms with Crippen molar-refractivity contribution in [2.75, 3.05) is 32.1 Å². The Morgan fingerprint density at radius 1 is 1.27 bits per heavy atom. The lowest BCUT2D eigenvalue weighted by Crippen LogP contribution is -2.46. The van der Waals surface area contributed by atoms with E-state index in [1.807, 2.05) is 40.9 Å². The van der Waals surface area contributed by atoms with Gasteiger partial charge in [0, 0.05) is 44.3 Å².